The van der Waals surface area contributed by atoms with E-state index in [1.54, 1.807) is 32.9 Å². The van der Waals surface area contributed by atoms with Gasteiger partial charge in [-0.05, 0) is 45.4 Å². The van der Waals surface area contributed by atoms with Crippen molar-refractivity contribution in [3.8, 4) is 0 Å². The molecule has 0 aliphatic rings. The molecule has 1 aromatic rings. The summed E-state index contributed by atoms with van der Waals surface area (Å²) >= 11 is 0. The SMILES string of the molecule is Cc1ccc(N)c(S(=O)CCS(=O)(=O)C(C)(C)C)c1. The summed E-state index contributed by atoms with van der Waals surface area (Å²) in [7, 11) is -4.65. The Bertz CT molecular complexity index is 586. The molecule has 19 heavy (non-hydrogen) atoms. The van der Waals surface area contributed by atoms with Crippen molar-refractivity contribution < 1.29 is 12.6 Å². The molecule has 0 saturated carbocycles. The van der Waals surface area contributed by atoms with Crippen LogP contribution < -0.4 is 5.73 Å². The van der Waals surface area contributed by atoms with Crippen molar-refractivity contribution in [3.05, 3.63) is 23.8 Å². The first-order valence-corrected chi connectivity index (χ1v) is 8.98. The lowest BCUT2D eigenvalue weighted by Gasteiger charge is -2.19. The van der Waals surface area contributed by atoms with Gasteiger partial charge >= 0.3 is 0 Å². The average Bonchev–Trinajstić information content (AvgIpc) is 2.28. The minimum absolute atomic E-state index is 0.0766. The second kappa shape index (κ2) is 5.63. The van der Waals surface area contributed by atoms with Crippen LogP contribution in [-0.2, 0) is 20.6 Å². The lowest BCUT2D eigenvalue weighted by molar-refractivity contribution is 0.561. The first kappa shape index (κ1) is 16.2. The van der Waals surface area contributed by atoms with Gasteiger partial charge in [0.15, 0.2) is 9.84 Å². The second-order valence-electron chi connectivity index (χ2n) is 5.52. The summed E-state index contributed by atoms with van der Waals surface area (Å²) in [6.07, 6.45) is 0. The molecular formula is C13H21NO3S2. The molecule has 0 radical (unpaired) electrons. The van der Waals surface area contributed by atoms with E-state index in [4.69, 9.17) is 5.73 Å². The van der Waals surface area contributed by atoms with E-state index in [2.05, 4.69) is 0 Å². The van der Waals surface area contributed by atoms with Crippen LogP contribution in [0.15, 0.2) is 23.1 Å². The van der Waals surface area contributed by atoms with Crippen LogP contribution >= 0.6 is 0 Å². The summed E-state index contributed by atoms with van der Waals surface area (Å²) in [4.78, 5) is 0.518. The fourth-order valence-electron chi connectivity index (χ4n) is 1.44. The first-order valence-electron chi connectivity index (χ1n) is 6.01. The van der Waals surface area contributed by atoms with E-state index in [1.165, 1.54) is 0 Å². The van der Waals surface area contributed by atoms with Crippen LogP contribution in [-0.4, -0.2) is 28.9 Å². The van der Waals surface area contributed by atoms with Crippen molar-refractivity contribution in [3.63, 3.8) is 0 Å². The Labute approximate surface area is 117 Å². The van der Waals surface area contributed by atoms with E-state index in [-0.39, 0.29) is 11.5 Å². The van der Waals surface area contributed by atoms with Crippen LogP contribution in [0, 0.1) is 6.92 Å². The Balaban J connectivity index is 2.85. The van der Waals surface area contributed by atoms with Crippen molar-refractivity contribution in [1.82, 2.24) is 0 Å². The molecule has 1 atom stereocenters. The molecule has 4 nitrogen and oxygen atoms in total. The predicted molar refractivity (Wildman–Crippen MR) is 80.4 cm³/mol. The molecule has 0 amide bonds. The highest BCUT2D eigenvalue weighted by Gasteiger charge is 2.29. The molecule has 0 spiro atoms. The molecule has 0 aliphatic heterocycles. The predicted octanol–water partition coefficient (Wildman–Crippen LogP) is 1.90. The fraction of sp³-hybridized carbons (Fsp3) is 0.538. The standard InChI is InChI=1S/C13H21NO3S2/c1-10-5-6-11(14)12(9-10)18(15)7-8-19(16,17)13(2,3)4/h5-6,9H,7-8,14H2,1-4H3. The summed E-state index contributed by atoms with van der Waals surface area (Å²) in [5.74, 6) is -0.0241. The highest BCUT2D eigenvalue weighted by atomic mass is 32.2. The third kappa shape index (κ3) is 4.04. The zero-order valence-electron chi connectivity index (χ0n) is 11.8. The van der Waals surface area contributed by atoms with E-state index in [0.29, 0.717) is 10.6 Å². The molecule has 0 aliphatic carbocycles. The van der Waals surface area contributed by atoms with Crippen LogP contribution in [0.3, 0.4) is 0 Å². The van der Waals surface area contributed by atoms with Gasteiger partial charge in [-0.15, -0.1) is 0 Å². The van der Waals surface area contributed by atoms with E-state index < -0.39 is 25.4 Å². The zero-order valence-corrected chi connectivity index (χ0v) is 13.4. The highest BCUT2D eigenvalue weighted by molar-refractivity contribution is 7.94. The van der Waals surface area contributed by atoms with Gasteiger partial charge in [-0.2, -0.15) is 0 Å². The van der Waals surface area contributed by atoms with Crippen molar-refractivity contribution in [2.24, 2.45) is 0 Å². The van der Waals surface area contributed by atoms with Crippen LogP contribution in [0.1, 0.15) is 26.3 Å². The van der Waals surface area contributed by atoms with E-state index in [9.17, 15) is 12.6 Å². The number of rotatable bonds is 4. The van der Waals surface area contributed by atoms with E-state index in [0.717, 1.165) is 5.56 Å². The van der Waals surface area contributed by atoms with Crippen molar-refractivity contribution in [2.45, 2.75) is 37.3 Å². The zero-order chi connectivity index (χ0) is 14.8. The van der Waals surface area contributed by atoms with Gasteiger partial charge in [0.05, 0.1) is 26.2 Å². The third-order valence-electron chi connectivity index (χ3n) is 2.88. The molecule has 0 saturated heterocycles. The smallest absolute Gasteiger partial charge is 0.156 e. The Hall–Kier alpha value is -0.880. The molecule has 1 unspecified atom stereocenters. The molecule has 1 rings (SSSR count). The molecule has 108 valence electrons. The largest absolute Gasteiger partial charge is 0.398 e. The van der Waals surface area contributed by atoms with Gasteiger partial charge in [-0.3, -0.25) is 4.21 Å². The van der Waals surface area contributed by atoms with Crippen LogP contribution in [0.5, 0.6) is 0 Å². The Morgan fingerprint density at radius 2 is 1.84 bits per heavy atom. The molecule has 0 fully saturated rings. The maximum Gasteiger partial charge on any atom is 0.156 e. The second-order valence-corrected chi connectivity index (χ2v) is 9.92. The normalized spacial score (nSPS) is 14.3. The molecule has 2 N–H and O–H groups in total. The molecule has 0 aromatic heterocycles. The Morgan fingerprint density at radius 3 is 2.37 bits per heavy atom. The lowest BCUT2D eigenvalue weighted by atomic mass is 10.2. The van der Waals surface area contributed by atoms with Gasteiger partial charge in [0.25, 0.3) is 0 Å². The third-order valence-corrected chi connectivity index (χ3v) is 7.17. The van der Waals surface area contributed by atoms with Crippen LogP contribution in [0.4, 0.5) is 5.69 Å². The first-order chi connectivity index (χ1) is 8.54. The van der Waals surface area contributed by atoms with Crippen molar-refractivity contribution in [1.29, 1.82) is 0 Å². The van der Waals surface area contributed by atoms with Crippen molar-refractivity contribution >= 4 is 26.3 Å². The van der Waals surface area contributed by atoms with E-state index in [1.807, 2.05) is 13.0 Å². The minimum atomic E-state index is -3.26. The highest BCUT2D eigenvalue weighted by Crippen LogP contribution is 2.20. The van der Waals surface area contributed by atoms with Crippen LogP contribution in [0.25, 0.3) is 0 Å². The monoisotopic (exact) mass is 303 g/mol. The number of aryl methyl sites for hydroxylation is 1. The maximum atomic E-state index is 12.2. The van der Waals surface area contributed by atoms with Crippen molar-refractivity contribution in [2.75, 3.05) is 17.2 Å². The van der Waals surface area contributed by atoms with Gasteiger partial charge in [0, 0.05) is 11.4 Å². The minimum Gasteiger partial charge on any atom is -0.398 e. The molecule has 0 bridgehead atoms. The number of benzene rings is 1. The quantitative estimate of drug-likeness (QED) is 0.862. The van der Waals surface area contributed by atoms with Gasteiger partial charge in [0.2, 0.25) is 0 Å². The summed E-state index contributed by atoms with van der Waals surface area (Å²) in [6.45, 7) is 6.82. The maximum absolute atomic E-state index is 12.2. The molecule has 6 heteroatoms. The lowest BCUT2D eigenvalue weighted by Crippen LogP contribution is -2.32. The van der Waals surface area contributed by atoms with Gasteiger partial charge < -0.3 is 5.73 Å². The summed E-state index contributed by atoms with van der Waals surface area (Å²) in [5, 5.41) is 0. The number of nitrogen functional groups attached to an aromatic ring is 1. The number of hydrogen-bond donors (Lipinski definition) is 1. The number of hydrogen-bond acceptors (Lipinski definition) is 4. The number of sulfone groups is 1. The topological polar surface area (TPSA) is 77.2 Å². The van der Waals surface area contributed by atoms with Gasteiger partial charge in [0.1, 0.15) is 0 Å². The average molecular weight is 303 g/mol. The summed E-state index contributed by atoms with van der Waals surface area (Å²) < 4.78 is 35.3. The molecule has 0 heterocycles. The fourth-order valence-corrected chi connectivity index (χ4v) is 4.40. The summed E-state index contributed by atoms with van der Waals surface area (Å²) in [6, 6.07) is 5.28. The summed E-state index contributed by atoms with van der Waals surface area (Å²) in [5.41, 5.74) is 7.17. The Morgan fingerprint density at radius 1 is 1.26 bits per heavy atom. The van der Waals surface area contributed by atoms with E-state index >= 15 is 0 Å². The molecule has 1 aromatic carbocycles. The molecular weight excluding hydrogens is 282 g/mol. The number of nitrogens with two attached hydrogens (primary N) is 1. The Kier molecular flexibility index (Phi) is 4.79. The van der Waals surface area contributed by atoms with Crippen LogP contribution in [0.2, 0.25) is 0 Å². The number of anilines is 1. The van der Waals surface area contributed by atoms with Gasteiger partial charge in [-0.25, -0.2) is 8.42 Å². The van der Waals surface area contributed by atoms with Gasteiger partial charge in [-0.1, -0.05) is 6.07 Å².